The molecule has 16 heavy (non-hydrogen) atoms. The summed E-state index contributed by atoms with van der Waals surface area (Å²) in [6, 6.07) is -0.162. The molecule has 0 spiro atoms. The molecule has 0 aliphatic rings. The van der Waals surface area contributed by atoms with Crippen LogP contribution in [0.1, 0.15) is 28.7 Å². The number of anilines is 1. The molecule has 1 rings (SSSR count). The molecule has 1 aromatic rings. The van der Waals surface area contributed by atoms with Crippen molar-refractivity contribution in [3.05, 3.63) is 10.6 Å². The molecular weight excluding hydrogens is 230 g/mol. The number of carboxylic acids is 1. The Morgan fingerprint density at radius 2 is 2.25 bits per heavy atom. The molecule has 0 aromatic carbocycles. The Morgan fingerprint density at radius 3 is 2.69 bits per heavy atom. The van der Waals surface area contributed by atoms with Crippen LogP contribution in [0.25, 0.3) is 0 Å². The summed E-state index contributed by atoms with van der Waals surface area (Å²) < 4.78 is 0. The third-order valence-electron chi connectivity index (χ3n) is 1.88. The van der Waals surface area contributed by atoms with E-state index in [9.17, 15) is 9.59 Å². The first-order chi connectivity index (χ1) is 7.40. The Balaban J connectivity index is 2.71. The molecule has 88 valence electrons. The maximum atomic E-state index is 10.7. The lowest BCUT2D eigenvalue weighted by Gasteiger charge is -2.09. The van der Waals surface area contributed by atoms with Gasteiger partial charge in [0.2, 0.25) is 5.91 Å². The summed E-state index contributed by atoms with van der Waals surface area (Å²) in [6.07, 6.45) is 0.182. The smallest absolute Gasteiger partial charge is 0.355 e. The molecule has 1 aromatic heterocycles. The van der Waals surface area contributed by atoms with E-state index in [2.05, 4.69) is 10.3 Å². The summed E-state index contributed by atoms with van der Waals surface area (Å²) in [5, 5.41) is 12.2. The minimum Gasteiger partial charge on any atom is -0.476 e. The minimum absolute atomic E-state index is 0.0405. The molecule has 6 nitrogen and oxygen atoms in total. The molecule has 0 fully saturated rings. The SMILES string of the molecule is Cc1sc(NC(C)CC(N)=O)nc1C(=O)O. The van der Waals surface area contributed by atoms with Crippen molar-refractivity contribution in [2.45, 2.75) is 26.3 Å². The number of rotatable bonds is 5. The number of nitrogens with two attached hydrogens (primary N) is 1. The summed E-state index contributed by atoms with van der Waals surface area (Å²) in [5.41, 5.74) is 5.08. The number of thiazole rings is 1. The van der Waals surface area contributed by atoms with Gasteiger partial charge in [0.1, 0.15) is 0 Å². The van der Waals surface area contributed by atoms with Crippen LogP contribution in [-0.4, -0.2) is 28.0 Å². The minimum atomic E-state index is -1.05. The number of hydrogen-bond donors (Lipinski definition) is 3. The lowest BCUT2D eigenvalue weighted by molar-refractivity contribution is -0.118. The third kappa shape index (κ3) is 3.20. The van der Waals surface area contributed by atoms with E-state index in [4.69, 9.17) is 10.8 Å². The van der Waals surface area contributed by atoms with Gasteiger partial charge in [-0.3, -0.25) is 4.79 Å². The molecule has 0 bridgehead atoms. The highest BCUT2D eigenvalue weighted by Gasteiger charge is 2.15. The lowest BCUT2D eigenvalue weighted by Crippen LogP contribution is -2.23. The molecule has 0 aliphatic carbocycles. The fraction of sp³-hybridized carbons (Fsp3) is 0.444. The predicted molar refractivity (Wildman–Crippen MR) is 60.7 cm³/mol. The van der Waals surface area contributed by atoms with E-state index in [1.165, 1.54) is 11.3 Å². The van der Waals surface area contributed by atoms with Crippen LogP contribution in [0.4, 0.5) is 5.13 Å². The van der Waals surface area contributed by atoms with E-state index in [1.54, 1.807) is 13.8 Å². The number of primary amides is 1. The van der Waals surface area contributed by atoms with Gasteiger partial charge in [0.05, 0.1) is 0 Å². The quantitative estimate of drug-likeness (QED) is 0.710. The van der Waals surface area contributed by atoms with E-state index < -0.39 is 11.9 Å². The lowest BCUT2D eigenvalue weighted by atomic mass is 10.2. The first kappa shape index (κ1) is 12.4. The van der Waals surface area contributed by atoms with E-state index >= 15 is 0 Å². The Bertz CT molecular complexity index is 416. The highest BCUT2D eigenvalue weighted by atomic mass is 32.1. The summed E-state index contributed by atoms with van der Waals surface area (Å²) in [6.45, 7) is 3.47. The summed E-state index contributed by atoms with van der Waals surface area (Å²) in [5.74, 6) is -1.46. The summed E-state index contributed by atoms with van der Waals surface area (Å²) >= 11 is 1.24. The van der Waals surface area contributed by atoms with Gasteiger partial charge in [-0.25, -0.2) is 9.78 Å². The Morgan fingerprint density at radius 1 is 1.62 bits per heavy atom. The van der Waals surface area contributed by atoms with Gasteiger partial charge in [-0.05, 0) is 13.8 Å². The van der Waals surface area contributed by atoms with Crippen LogP contribution in [0.2, 0.25) is 0 Å². The van der Waals surface area contributed by atoms with Gasteiger partial charge < -0.3 is 16.2 Å². The molecule has 1 heterocycles. The number of aromatic carboxylic acids is 1. The maximum Gasteiger partial charge on any atom is 0.355 e. The van der Waals surface area contributed by atoms with Crippen molar-refractivity contribution < 1.29 is 14.7 Å². The number of nitrogens with one attached hydrogen (secondary N) is 1. The second-order valence-corrected chi connectivity index (χ2v) is 4.65. The second kappa shape index (κ2) is 4.93. The number of carboxylic acid groups (broad SMARTS) is 1. The molecule has 0 aliphatic heterocycles. The van der Waals surface area contributed by atoms with Gasteiger partial charge in [-0.2, -0.15) is 0 Å². The average Bonchev–Trinajstić information content (AvgIpc) is 2.44. The second-order valence-electron chi connectivity index (χ2n) is 3.44. The summed E-state index contributed by atoms with van der Waals surface area (Å²) in [4.78, 5) is 25.9. The van der Waals surface area contributed by atoms with Crippen molar-refractivity contribution >= 4 is 28.3 Å². The van der Waals surface area contributed by atoms with Crippen LogP contribution < -0.4 is 11.1 Å². The topological polar surface area (TPSA) is 105 Å². The molecular formula is C9H13N3O3S. The van der Waals surface area contributed by atoms with Gasteiger partial charge in [-0.15, -0.1) is 11.3 Å². The molecule has 7 heteroatoms. The first-order valence-electron chi connectivity index (χ1n) is 4.65. The van der Waals surface area contributed by atoms with Crippen molar-refractivity contribution in [1.29, 1.82) is 0 Å². The zero-order chi connectivity index (χ0) is 12.3. The zero-order valence-electron chi connectivity index (χ0n) is 8.98. The highest BCUT2D eigenvalue weighted by Crippen LogP contribution is 2.22. The maximum absolute atomic E-state index is 10.7. The standard InChI is InChI=1S/C9H13N3O3S/c1-4(3-6(10)13)11-9-12-7(8(14)15)5(2)16-9/h4H,3H2,1-2H3,(H2,10,13)(H,11,12)(H,14,15). The first-order valence-corrected chi connectivity index (χ1v) is 5.47. The van der Waals surface area contributed by atoms with Crippen LogP contribution in [0.3, 0.4) is 0 Å². The number of carbonyl (C=O) groups excluding carboxylic acids is 1. The van der Waals surface area contributed by atoms with E-state index in [0.717, 1.165) is 0 Å². The van der Waals surface area contributed by atoms with E-state index in [-0.39, 0.29) is 18.2 Å². The van der Waals surface area contributed by atoms with Gasteiger partial charge in [-0.1, -0.05) is 0 Å². The average molecular weight is 243 g/mol. The van der Waals surface area contributed by atoms with Crippen molar-refractivity contribution in [3.8, 4) is 0 Å². The molecule has 0 saturated heterocycles. The number of carbonyl (C=O) groups is 2. The van der Waals surface area contributed by atoms with Gasteiger partial charge in [0.15, 0.2) is 10.8 Å². The monoisotopic (exact) mass is 243 g/mol. The normalized spacial score (nSPS) is 12.1. The number of amides is 1. The number of nitrogens with zero attached hydrogens (tertiary/aromatic N) is 1. The zero-order valence-corrected chi connectivity index (χ0v) is 9.80. The van der Waals surface area contributed by atoms with Crippen LogP contribution in [0.15, 0.2) is 0 Å². The van der Waals surface area contributed by atoms with Gasteiger partial charge >= 0.3 is 5.97 Å². The Labute approximate surface area is 96.5 Å². The predicted octanol–water partition coefficient (Wildman–Crippen LogP) is 0.826. The third-order valence-corrected chi connectivity index (χ3v) is 2.78. The van der Waals surface area contributed by atoms with Crippen molar-refractivity contribution in [1.82, 2.24) is 4.98 Å². The molecule has 1 unspecified atom stereocenters. The molecule has 0 radical (unpaired) electrons. The fourth-order valence-electron chi connectivity index (χ4n) is 1.22. The Hall–Kier alpha value is -1.63. The van der Waals surface area contributed by atoms with Gasteiger partial charge in [0.25, 0.3) is 0 Å². The van der Waals surface area contributed by atoms with Crippen LogP contribution in [0.5, 0.6) is 0 Å². The van der Waals surface area contributed by atoms with Crippen molar-refractivity contribution in [2.75, 3.05) is 5.32 Å². The van der Waals surface area contributed by atoms with Crippen LogP contribution >= 0.6 is 11.3 Å². The molecule has 0 saturated carbocycles. The largest absolute Gasteiger partial charge is 0.476 e. The summed E-state index contributed by atoms with van der Waals surface area (Å²) in [7, 11) is 0. The van der Waals surface area contributed by atoms with Crippen LogP contribution in [-0.2, 0) is 4.79 Å². The van der Waals surface area contributed by atoms with E-state index in [1.807, 2.05) is 0 Å². The van der Waals surface area contributed by atoms with Crippen molar-refractivity contribution in [3.63, 3.8) is 0 Å². The Kier molecular flexibility index (Phi) is 3.83. The molecule has 4 N–H and O–H groups in total. The number of hydrogen-bond acceptors (Lipinski definition) is 5. The van der Waals surface area contributed by atoms with Gasteiger partial charge in [0, 0.05) is 17.3 Å². The number of aryl methyl sites for hydroxylation is 1. The van der Waals surface area contributed by atoms with Crippen molar-refractivity contribution in [2.24, 2.45) is 5.73 Å². The molecule has 1 atom stereocenters. The van der Waals surface area contributed by atoms with E-state index in [0.29, 0.717) is 10.0 Å². The fourth-order valence-corrected chi connectivity index (χ4v) is 2.14. The molecule has 1 amide bonds. The van der Waals surface area contributed by atoms with Crippen LogP contribution in [0, 0.1) is 6.92 Å². The number of aromatic nitrogens is 1. The highest BCUT2D eigenvalue weighted by molar-refractivity contribution is 7.15.